The molecule has 13 heavy (non-hydrogen) atoms. The highest BCUT2D eigenvalue weighted by atomic mass is 16.3. The Hall–Kier alpha value is -0.600. The van der Waals surface area contributed by atoms with Crippen molar-refractivity contribution in [2.75, 3.05) is 13.6 Å². The molecule has 0 aliphatic carbocycles. The maximum atomic E-state index is 9.15. The van der Waals surface area contributed by atoms with Gasteiger partial charge in [-0.2, -0.15) is 0 Å². The van der Waals surface area contributed by atoms with E-state index in [0.29, 0.717) is 0 Å². The summed E-state index contributed by atoms with van der Waals surface area (Å²) in [6.07, 6.45) is 9.01. The van der Waals surface area contributed by atoms with Crippen molar-refractivity contribution >= 4 is 0 Å². The first-order valence-corrected chi connectivity index (χ1v) is 4.82. The number of allylic oxidation sites excluding steroid dienone is 2. The maximum Gasteiger partial charge on any atom is 0.104 e. The smallest absolute Gasteiger partial charge is 0.104 e. The molecule has 0 aliphatic heterocycles. The summed E-state index contributed by atoms with van der Waals surface area (Å²) in [6, 6.07) is 0. The first-order chi connectivity index (χ1) is 6.18. The minimum Gasteiger partial charge on any atom is -0.379 e. The van der Waals surface area contributed by atoms with Gasteiger partial charge < -0.3 is 5.11 Å². The van der Waals surface area contributed by atoms with Crippen molar-refractivity contribution in [2.45, 2.75) is 32.4 Å². The van der Waals surface area contributed by atoms with Crippen LogP contribution in [0.3, 0.4) is 0 Å². The lowest BCUT2D eigenvalue weighted by molar-refractivity contribution is 0.0398. The zero-order valence-electron chi connectivity index (χ0n) is 8.74. The second-order valence-corrected chi connectivity index (χ2v) is 3.24. The summed E-state index contributed by atoms with van der Waals surface area (Å²) in [4.78, 5) is 1.91. The molecule has 76 valence electrons. The molecule has 1 atom stereocenters. The zero-order chi connectivity index (χ0) is 10.1. The highest BCUT2D eigenvalue weighted by molar-refractivity contribution is 4.84. The van der Waals surface area contributed by atoms with Gasteiger partial charge in [0.15, 0.2) is 0 Å². The van der Waals surface area contributed by atoms with Crippen molar-refractivity contribution in [3.63, 3.8) is 0 Å². The predicted octanol–water partition coefficient (Wildman–Crippen LogP) is 2.17. The Labute approximate surface area is 81.6 Å². The third-order valence-corrected chi connectivity index (χ3v) is 1.99. The number of hydrogen-bond donors (Lipinski definition) is 1. The fourth-order valence-corrected chi connectivity index (χ4v) is 0.915. The van der Waals surface area contributed by atoms with Crippen LogP contribution in [0.4, 0.5) is 0 Å². The molecule has 0 aromatic carbocycles. The Morgan fingerprint density at radius 3 is 2.46 bits per heavy atom. The molecule has 0 saturated carbocycles. The van der Waals surface area contributed by atoms with Crippen LogP contribution in [0.5, 0.6) is 0 Å². The average Bonchev–Trinajstić information content (AvgIpc) is 2.10. The lowest BCUT2D eigenvalue weighted by Crippen LogP contribution is -2.29. The summed E-state index contributed by atoms with van der Waals surface area (Å²) in [6.45, 7) is 6.34. The Morgan fingerprint density at radius 2 is 1.92 bits per heavy atom. The van der Waals surface area contributed by atoms with Gasteiger partial charge in [-0.3, -0.25) is 4.90 Å². The van der Waals surface area contributed by atoms with Crippen molar-refractivity contribution in [2.24, 2.45) is 0 Å². The number of rotatable bonds is 7. The first kappa shape index (κ1) is 12.4. The van der Waals surface area contributed by atoms with Gasteiger partial charge in [-0.25, -0.2) is 0 Å². The molecule has 1 N–H and O–H groups in total. The summed E-state index contributed by atoms with van der Waals surface area (Å²) in [7, 11) is 1.92. The summed E-state index contributed by atoms with van der Waals surface area (Å²) in [5.41, 5.74) is 0. The molecule has 0 aliphatic rings. The van der Waals surface area contributed by atoms with Crippen LogP contribution in [-0.4, -0.2) is 29.8 Å². The molecule has 2 nitrogen and oxygen atoms in total. The molecule has 0 radical (unpaired) electrons. The topological polar surface area (TPSA) is 23.5 Å². The van der Waals surface area contributed by atoms with E-state index >= 15 is 0 Å². The summed E-state index contributed by atoms with van der Waals surface area (Å²) < 4.78 is 0. The van der Waals surface area contributed by atoms with Crippen molar-refractivity contribution in [1.29, 1.82) is 0 Å². The third-order valence-electron chi connectivity index (χ3n) is 1.99. The Balaban J connectivity index is 3.33. The Bertz CT molecular complexity index is 152. The van der Waals surface area contributed by atoms with Gasteiger partial charge in [0, 0.05) is 6.54 Å². The van der Waals surface area contributed by atoms with E-state index in [1.807, 2.05) is 18.0 Å². The van der Waals surface area contributed by atoms with E-state index in [9.17, 15) is 0 Å². The quantitative estimate of drug-likeness (QED) is 0.371. The SMILES string of the molecule is C=CCCC=CCCN(C)C(C)O. The maximum absolute atomic E-state index is 9.15. The van der Waals surface area contributed by atoms with Gasteiger partial charge in [0.2, 0.25) is 0 Å². The summed E-state index contributed by atoms with van der Waals surface area (Å²) in [5.74, 6) is 0. The van der Waals surface area contributed by atoms with Crippen molar-refractivity contribution in [1.82, 2.24) is 4.90 Å². The molecule has 0 bridgehead atoms. The van der Waals surface area contributed by atoms with Gasteiger partial charge in [0.05, 0.1) is 0 Å². The normalized spacial score (nSPS) is 13.8. The highest BCUT2D eigenvalue weighted by Crippen LogP contribution is 1.96. The molecule has 0 amide bonds. The van der Waals surface area contributed by atoms with Crippen LogP contribution in [0, 0.1) is 0 Å². The van der Waals surface area contributed by atoms with Crippen molar-refractivity contribution in [3.05, 3.63) is 24.8 Å². The van der Waals surface area contributed by atoms with E-state index in [1.54, 1.807) is 6.92 Å². The molecule has 0 spiro atoms. The predicted molar refractivity (Wildman–Crippen MR) is 57.5 cm³/mol. The van der Waals surface area contributed by atoms with E-state index in [-0.39, 0.29) is 6.23 Å². The van der Waals surface area contributed by atoms with E-state index < -0.39 is 0 Å². The van der Waals surface area contributed by atoms with Gasteiger partial charge in [0.1, 0.15) is 6.23 Å². The largest absolute Gasteiger partial charge is 0.379 e. The van der Waals surface area contributed by atoms with E-state index in [2.05, 4.69) is 18.7 Å². The van der Waals surface area contributed by atoms with Gasteiger partial charge >= 0.3 is 0 Å². The van der Waals surface area contributed by atoms with E-state index in [0.717, 1.165) is 25.8 Å². The minimum absolute atomic E-state index is 0.346. The number of hydrogen-bond acceptors (Lipinski definition) is 2. The molecule has 0 aromatic rings. The lowest BCUT2D eigenvalue weighted by Gasteiger charge is -2.18. The van der Waals surface area contributed by atoms with Gasteiger partial charge in [-0.05, 0) is 33.2 Å². The van der Waals surface area contributed by atoms with Crippen LogP contribution in [-0.2, 0) is 0 Å². The molecule has 0 saturated heterocycles. The average molecular weight is 183 g/mol. The van der Waals surface area contributed by atoms with Gasteiger partial charge in [-0.15, -0.1) is 6.58 Å². The molecule has 0 rings (SSSR count). The molecule has 1 unspecified atom stereocenters. The van der Waals surface area contributed by atoms with Crippen LogP contribution in [0.1, 0.15) is 26.2 Å². The zero-order valence-corrected chi connectivity index (χ0v) is 8.74. The Kier molecular flexibility index (Phi) is 7.65. The van der Waals surface area contributed by atoms with Crippen LogP contribution in [0.25, 0.3) is 0 Å². The second kappa shape index (κ2) is 8.02. The summed E-state index contributed by atoms with van der Waals surface area (Å²) >= 11 is 0. The molecule has 0 heterocycles. The van der Waals surface area contributed by atoms with Crippen LogP contribution < -0.4 is 0 Å². The second-order valence-electron chi connectivity index (χ2n) is 3.24. The Morgan fingerprint density at radius 1 is 1.31 bits per heavy atom. The molecule has 2 heteroatoms. The molecular formula is C11H21NO. The molecule has 0 fully saturated rings. The van der Waals surface area contributed by atoms with Crippen LogP contribution in [0.15, 0.2) is 24.8 Å². The number of aliphatic hydroxyl groups excluding tert-OH is 1. The summed E-state index contributed by atoms with van der Waals surface area (Å²) in [5, 5.41) is 9.15. The molecular weight excluding hydrogens is 162 g/mol. The number of unbranched alkanes of at least 4 members (excludes halogenated alkanes) is 1. The monoisotopic (exact) mass is 183 g/mol. The van der Waals surface area contributed by atoms with E-state index in [1.165, 1.54) is 0 Å². The van der Waals surface area contributed by atoms with Crippen molar-refractivity contribution < 1.29 is 5.11 Å². The minimum atomic E-state index is -0.346. The van der Waals surface area contributed by atoms with Crippen molar-refractivity contribution in [3.8, 4) is 0 Å². The van der Waals surface area contributed by atoms with Crippen LogP contribution in [0.2, 0.25) is 0 Å². The standard InChI is InChI=1S/C11H21NO/c1-4-5-6-7-8-9-10-12(3)11(2)13/h4,7-8,11,13H,1,5-6,9-10H2,2-3H3. The van der Waals surface area contributed by atoms with Gasteiger partial charge in [-0.1, -0.05) is 18.2 Å². The third kappa shape index (κ3) is 7.75. The van der Waals surface area contributed by atoms with Crippen LogP contribution >= 0.6 is 0 Å². The fraction of sp³-hybridized carbons (Fsp3) is 0.636. The van der Waals surface area contributed by atoms with Gasteiger partial charge in [0.25, 0.3) is 0 Å². The fourth-order valence-electron chi connectivity index (χ4n) is 0.915. The highest BCUT2D eigenvalue weighted by Gasteiger charge is 2.01. The number of aliphatic hydroxyl groups is 1. The number of nitrogens with zero attached hydrogens (tertiary/aromatic N) is 1. The first-order valence-electron chi connectivity index (χ1n) is 4.82. The lowest BCUT2D eigenvalue weighted by atomic mass is 10.2. The van der Waals surface area contributed by atoms with E-state index in [4.69, 9.17) is 5.11 Å². The molecule has 0 aromatic heterocycles.